The van der Waals surface area contributed by atoms with Crippen LogP contribution in [0.15, 0.2) is 60.9 Å². The molecule has 0 aliphatic heterocycles. The number of carboxylic acid groups (broad SMARTS) is 1. The number of methoxy groups -OCH3 is 1. The summed E-state index contributed by atoms with van der Waals surface area (Å²) in [5, 5.41) is 18.0. The maximum absolute atomic E-state index is 13.0. The third-order valence-electron chi connectivity index (χ3n) is 6.40. The van der Waals surface area contributed by atoms with Gasteiger partial charge in [0.1, 0.15) is 5.75 Å². The van der Waals surface area contributed by atoms with Crippen molar-refractivity contribution in [3.63, 3.8) is 0 Å². The van der Waals surface area contributed by atoms with Crippen LogP contribution in [-0.2, 0) is 22.6 Å². The number of carboxylic acids is 1. The fraction of sp³-hybridized carbons (Fsp3) is 0.367. The quantitative estimate of drug-likeness (QED) is 0.240. The first-order valence-corrected chi connectivity index (χ1v) is 13.0. The van der Waals surface area contributed by atoms with E-state index in [0.717, 1.165) is 23.1 Å². The van der Waals surface area contributed by atoms with E-state index in [2.05, 4.69) is 29.8 Å². The molecule has 208 valence electrons. The number of nitrogens with zero attached hydrogens (tertiary/aromatic N) is 1. The number of hydrogen-bond acceptors (Lipinski definition) is 4. The minimum atomic E-state index is -0.846. The Labute approximate surface area is 229 Å². The lowest BCUT2D eigenvalue weighted by molar-refractivity contribution is -0.141. The highest BCUT2D eigenvalue weighted by molar-refractivity contribution is 6.01. The first-order chi connectivity index (χ1) is 18.5. The molecule has 0 fully saturated rings. The average molecular weight is 535 g/mol. The van der Waals surface area contributed by atoms with Crippen molar-refractivity contribution in [3.8, 4) is 5.75 Å². The van der Waals surface area contributed by atoms with Crippen LogP contribution in [0.1, 0.15) is 49.9 Å². The zero-order chi connectivity index (χ0) is 28.5. The molecule has 1 aromatic heterocycles. The molecule has 0 radical (unpaired) electrons. The monoisotopic (exact) mass is 534 g/mol. The highest BCUT2D eigenvalue weighted by Gasteiger charge is 2.19. The van der Waals surface area contributed by atoms with Gasteiger partial charge in [-0.3, -0.25) is 9.59 Å². The van der Waals surface area contributed by atoms with Crippen LogP contribution in [0, 0.1) is 18.8 Å². The SMILES string of the molecule is COc1cc(CC(=O)NC(CC(C)C)c2ccn(CC(C)C(=O)O)c2)ccc1NC(=O)Nc1ccccc1C. The molecule has 9 nitrogen and oxygen atoms in total. The average Bonchev–Trinajstić information content (AvgIpc) is 3.34. The number of hydrogen-bond donors (Lipinski definition) is 4. The summed E-state index contributed by atoms with van der Waals surface area (Å²) in [5.41, 5.74) is 3.83. The van der Waals surface area contributed by atoms with Crippen LogP contribution in [0.5, 0.6) is 5.75 Å². The number of nitrogens with one attached hydrogen (secondary N) is 3. The minimum Gasteiger partial charge on any atom is -0.495 e. The molecule has 0 spiro atoms. The molecule has 2 atom stereocenters. The second kappa shape index (κ2) is 13.5. The lowest BCUT2D eigenvalue weighted by Crippen LogP contribution is -2.30. The van der Waals surface area contributed by atoms with Gasteiger partial charge in [0.05, 0.1) is 31.2 Å². The van der Waals surface area contributed by atoms with E-state index >= 15 is 0 Å². The molecule has 2 unspecified atom stereocenters. The molecule has 9 heteroatoms. The van der Waals surface area contributed by atoms with Crippen LogP contribution in [0.3, 0.4) is 0 Å². The second-order valence-electron chi connectivity index (χ2n) is 10.2. The van der Waals surface area contributed by atoms with E-state index in [1.807, 2.05) is 54.2 Å². The molecule has 2 aromatic carbocycles. The van der Waals surface area contributed by atoms with Gasteiger partial charge >= 0.3 is 12.0 Å². The number of para-hydroxylation sites is 1. The zero-order valence-electron chi connectivity index (χ0n) is 23.2. The molecule has 0 bridgehead atoms. The van der Waals surface area contributed by atoms with Gasteiger partial charge in [0.2, 0.25) is 5.91 Å². The zero-order valence-corrected chi connectivity index (χ0v) is 23.2. The number of carbonyl (C=O) groups is 3. The molecule has 1 heterocycles. The van der Waals surface area contributed by atoms with Gasteiger partial charge in [0, 0.05) is 24.6 Å². The van der Waals surface area contributed by atoms with Crippen molar-refractivity contribution in [1.82, 2.24) is 9.88 Å². The number of aryl methyl sites for hydroxylation is 1. The van der Waals surface area contributed by atoms with Crippen molar-refractivity contribution in [1.29, 1.82) is 0 Å². The number of urea groups is 1. The summed E-state index contributed by atoms with van der Waals surface area (Å²) in [7, 11) is 1.51. The Kier molecular flexibility index (Phi) is 10.1. The van der Waals surface area contributed by atoms with Crippen molar-refractivity contribution in [3.05, 3.63) is 77.6 Å². The van der Waals surface area contributed by atoms with Crippen LogP contribution in [0.2, 0.25) is 0 Å². The summed E-state index contributed by atoms with van der Waals surface area (Å²) < 4.78 is 7.32. The van der Waals surface area contributed by atoms with E-state index in [4.69, 9.17) is 4.74 Å². The maximum atomic E-state index is 13.0. The van der Waals surface area contributed by atoms with Crippen LogP contribution < -0.4 is 20.7 Å². The fourth-order valence-corrected chi connectivity index (χ4v) is 4.29. The second-order valence-corrected chi connectivity index (χ2v) is 10.2. The van der Waals surface area contributed by atoms with E-state index in [9.17, 15) is 19.5 Å². The molecule has 4 N–H and O–H groups in total. The summed E-state index contributed by atoms with van der Waals surface area (Å²) in [5.74, 6) is -0.714. The molecular weight excluding hydrogens is 496 g/mol. The smallest absolute Gasteiger partial charge is 0.323 e. The molecular formula is C30H38N4O5. The van der Waals surface area contributed by atoms with E-state index in [1.54, 1.807) is 25.1 Å². The fourth-order valence-electron chi connectivity index (χ4n) is 4.29. The topological polar surface area (TPSA) is 122 Å². The van der Waals surface area contributed by atoms with E-state index in [1.165, 1.54) is 7.11 Å². The molecule has 3 amide bonds. The number of ether oxygens (including phenoxy) is 1. The lowest BCUT2D eigenvalue weighted by Gasteiger charge is -2.20. The molecule has 0 saturated heterocycles. The molecule has 0 aliphatic carbocycles. The normalized spacial score (nSPS) is 12.5. The Morgan fingerprint density at radius 2 is 1.72 bits per heavy atom. The van der Waals surface area contributed by atoms with Crippen molar-refractivity contribution in [2.45, 2.75) is 53.1 Å². The van der Waals surface area contributed by atoms with E-state index in [0.29, 0.717) is 29.6 Å². The predicted molar refractivity (Wildman–Crippen MR) is 152 cm³/mol. The standard InChI is InChI=1S/C30H38N4O5/c1-19(2)14-26(23-12-13-34(18-23)17-21(4)29(36)37)31-28(35)16-22-10-11-25(27(15-22)39-5)33-30(38)32-24-9-7-6-8-20(24)3/h6-13,15,18-19,21,26H,14,16-17H2,1-5H3,(H,31,35)(H,36,37)(H2,32,33,38). The third kappa shape index (κ3) is 8.63. The van der Waals surface area contributed by atoms with Gasteiger partial charge < -0.3 is 30.4 Å². The first kappa shape index (κ1) is 29.3. The number of aromatic nitrogens is 1. The van der Waals surface area contributed by atoms with Crippen LogP contribution in [0.4, 0.5) is 16.2 Å². The van der Waals surface area contributed by atoms with Gasteiger partial charge in [-0.25, -0.2) is 4.79 Å². The lowest BCUT2D eigenvalue weighted by atomic mass is 9.98. The largest absolute Gasteiger partial charge is 0.495 e. The van der Waals surface area contributed by atoms with E-state index < -0.39 is 17.9 Å². The number of anilines is 2. The number of rotatable bonds is 12. The molecule has 0 aliphatic rings. The summed E-state index contributed by atoms with van der Waals surface area (Å²) in [6.07, 6.45) is 4.63. The van der Waals surface area contributed by atoms with Crippen molar-refractivity contribution in [2.75, 3.05) is 17.7 Å². The summed E-state index contributed by atoms with van der Waals surface area (Å²) in [6, 6.07) is 14.1. The summed E-state index contributed by atoms with van der Waals surface area (Å²) in [6.45, 7) is 8.13. The number of benzene rings is 2. The van der Waals surface area contributed by atoms with Gasteiger partial charge in [-0.2, -0.15) is 0 Å². The molecule has 3 rings (SSSR count). The number of amides is 3. The molecule has 39 heavy (non-hydrogen) atoms. The third-order valence-corrected chi connectivity index (χ3v) is 6.40. The van der Waals surface area contributed by atoms with Gasteiger partial charge in [-0.1, -0.05) is 45.0 Å². The first-order valence-electron chi connectivity index (χ1n) is 13.0. The van der Waals surface area contributed by atoms with Crippen LogP contribution in [-0.4, -0.2) is 34.7 Å². The minimum absolute atomic E-state index is 0.136. The maximum Gasteiger partial charge on any atom is 0.323 e. The highest BCUT2D eigenvalue weighted by atomic mass is 16.5. The summed E-state index contributed by atoms with van der Waals surface area (Å²) >= 11 is 0. The van der Waals surface area contributed by atoms with Gasteiger partial charge in [-0.15, -0.1) is 0 Å². The Morgan fingerprint density at radius 3 is 2.38 bits per heavy atom. The van der Waals surface area contributed by atoms with Crippen molar-refractivity contribution < 1.29 is 24.2 Å². The van der Waals surface area contributed by atoms with Crippen LogP contribution in [0.25, 0.3) is 0 Å². The Balaban J connectivity index is 1.65. The van der Waals surface area contributed by atoms with Crippen molar-refractivity contribution >= 4 is 29.3 Å². The molecule has 3 aromatic rings. The highest BCUT2D eigenvalue weighted by Crippen LogP contribution is 2.27. The Hall–Kier alpha value is -4.27. The Morgan fingerprint density at radius 1 is 1.00 bits per heavy atom. The predicted octanol–water partition coefficient (Wildman–Crippen LogP) is 5.62. The molecule has 0 saturated carbocycles. The summed E-state index contributed by atoms with van der Waals surface area (Å²) in [4.78, 5) is 36.8. The van der Waals surface area contributed by atoms with Gasteiger partial charge in [0.15, 0.2) is 0 Å². The van der Waals surface area contributed by atoms with Crippen molar-refractivity contribution in [2.24, 2.45) is 11.8 Å². The van der Waals surface area contributed by atoms with E-state index in [-0.39, 0.29) is 18.4 Å². The number of carbonyl (C=O) groups excluding carboxylic acids is 2. The van der Waals surface area contributed by atoms with Gasteiger partial charge in [0.25, 0.3) is 0 Å². The Bertz CT molecular complexity index is 1300. The number of aliphatic carboxylic acids is 1. The van der Waals surface area contributed by atoms with Gasteiger partial charge in [-0.05, 0) is 60.2 Å². The van der Waals surface area contributed by atoms with Crippen LogP contribution >= 0.6 is 0 Å².